The van der Waals surface area contributed by atoms with Crippen molar-refractivity contribution in [2.24, 2.45) is 0 Å². The van der Waals surface area contributed by atoms with Gasteiger partial charge in [-0.1, -0.05) is 61.2 Å². The molecule has 0 aliphatic carbocycles. The smallest absolute Gasteiger partial charge is 0.112 e. The molecule has 0 heterocycles. The van der Waals surface area contributed by atoms with Crippen LogP contribution in [0.5, 0.6) is 0 Å². The summed E-state index contributed by atoms with van der Waals surface area (Å²) in [6, 6.07) is 17.5. The van der Waals surface area contributed by atoms with Crippen LogP contribution >= 0.6 is 0 Å². The van der Waals surface area contributed by atoms with Gasteiger partial charge in [-0.05, 0) is 23.1 Å². The fourth-order valence-corrected chi connectivity index (χ4v) is 2.35. The van der Waals surface area contributed by atoms with E-state index in [0.29, 0.717) is 12.2 Å². The second-order valence-corrected chi connectivity index (χ2v) is 4.80. The summed E-state index contributed by atoms with van der Waals surface area (Å²) in [5.74, 6) is 0. The molecule has 0 spiro atoms. The van der Waals surface area contributed by atoms with Crippen molar-refractivity contribution in [3.8, 4) is 0 Å². The Balaban J connectivity index is 2.36. The first-order valence-electron chi connectivity index (χ1n) is 6.98. The number of aliphatic hydroxyl groups is 1. The molecular formula is C19H20O2. The number of hydrogen-bond acceptors (Lipinski definition) is 2. The van der Waals surface area contributed by atoms with E-state index in [2.05, 4.69) is 12.3 Å². The lowest BCUT2D eigenvalue weighted by atomic mass is 9.91. The van der Waals surface area contributed by atoms with Crippen molar-refractivity contribution in [3.05, 3.63) is 83.6 Å². The van der Waals surface area contributed by atoms with E-state index in [9.17, 15) is 5.11 Å². The Morgan fingerprint density at radius 3 is 2.48 bits per heavy atom. The quantitative estimate of drug-likeness (QED) is 0.816. The number of ether oxygens (including phenoxy) is 1. The molecule has 0 bridgehead atoms. The highest BCUT2D eigenvalue weighted by Gasteiger charge is 2.17. The van der Waals surface area contributed by atoms with Gasteiger partial charge in [-0.25, -0.2) is 0 Å². The zero-order valence-corrected chi connectivity index (χ0v) is 12.3. The van der Waals surface area contributed by atoms with Gasteiger partial charge in [-0.15, -0.1) is 5.73 Å². The average molecular weight is 280 g/mol. The molecule has 0 radical (unpaired) electrons. The summed E-state index contributed by atoms with van der Waals surface area (Å²) in [6.45, 7) is 4.39. The second kappa shape index (κ2) is 7.61. The summed E-state index contributed by atoms with van der Waals surface area (Å²) in [5.41, 5.74) is 6.55. The number of hydrogen-bond donors (Lipinski definition) is 1. The molecule has 0 saturated carbocycles. The van der Waals surface area contributed by atoms with E-state index in [1.54, 1.807) is 7.11 Å². The molecular weight excluding hydrogens is 260 g/mol. The standard InChI is InChI=1S/C19H20O2/c1-3-17(19(20)16-10-5-4-6-11-16)18-12-8-7-9-15(18)13-14-21-2/h4-12,19-20H,1,13-14H2,2H3. The van der Waals surface area contributed by atoms with Crippen LogP contribution in [-0.4, -0.2) is 18.8 Å². The van der Waals surface area contributed by atoms with E-state index in [4.69, 9.17) is 4.74 Å². The highest BCUT2D eigenvalue weighted by molar-refractivity contribution is 5.71. The van der Waals surface area contributed by atoms with Crippen LogP contribution in [0.2, 0.25) is 0 Å². The lowest BCUT2D eigenvalue weighted by molar-refractivity contribution is 0.202. The molecule has 2 nitrogen and oxygen atoms in total. The maximum Gasteiger partial charge on any atom is 0.112 e. The third-order valence-electron chi connectivity index (χ3n) is 3.46. The van der Waals surface area contributed by atoms with Gasteiger partial charge >= 0.3 is 0 Å². The number of methoxy groups -OCH3 is 1. The fourth-order valence-electron chi connectivity index (χ4n) is 2.35. The zero-order chi connectivity index (χ0) is 15.1. The molecule has 2 rings (SSSR count). The molecule has 0 aliphatic heterocycles. The number of aliphatic hydroxyl groups excluding tert-OH is 1. The molecule has 2 aromatic rings. The maximum atomic E-state index is 10.6. The lowest BCUT2D eigenvalue weighted by Gasteiger charge is -2.17. The molecule has 0 aromatic heterocycles. The van der Waals surface area contributed by atoms with Gasteiger partial charge in [0.15, 0.2) is 0 Å². The largest absolute Gasteiger partial charge is 0.384 e. The monoisotopic (exact) mass is 280 g/mol. The Hall–Kier alpha value is -2.12. The van der Waals surface area contributed by atoms with Crippen LogP contribution in [0.15, 0.2) is 66.9 Å². The van der Waals surface area contributed by atoms with E-state index < -0.39 is 6.10 Å². The molecule has 1 N–H and O–H groups in total. The Morgan fingerprint density at radius 1 is 1.14 bits per heavy atom. The van der Waals surface area contributed by atoms with Crippen molar-refractivity contribution in [3.63, 3.8) is 0 Å². The highest BCUT2D eigenvalue weighted by Crippen LogP contribution is 2.31. The van der Waals surface area contributed by atoms with Gasteiger partial charge in [-0.3, -0.25) is 0 Å². The van der Waals surface area contributed by atoms with Crippen LogP contribution in [0.1, 0.15) is 22.8 Å². The molecule has 1 unspecified atom stereocenters. The van der Waals surface area contributed by atoms with Gasteiger partial charge < -0.3 is 9.84 Å². The van der Waals surface area contributed by atoms with Gasteiger partial charge in [0.25, 0.3) is 0 Å². The van der Waals surface area contributed by atoms with Crippen molar-refractivity contribution < 1.29 is 9.84 Å². The summed E-state index contributed by atoms with van der Waals surface area (Å²) in [5, 5.41) is 10.6. The van der Waals surface area contributed by atoms with Crippen molar-refractivity contribution in [2.45, 2.75) is 12.5 Å². The molecule has 0 amide bonds. The van der Waals surface area contributed by atoms with Crippen LogP contribution in [0.3, 0.4) is 0 Å². The fraction of sp³-hybridized carbons (Fsp3) is 0.211. The summed E-state index contributed by atoms with van der Waals surface area (Å²) in [6.07, 6.45) is 0.0618. The molecule has 2 heteroatoms. The topological polar surface area (TPSA) is 29.5 Å². The summed E-state index contributed by atoms with van der Waals surface area (Å²) in [7, 11) is 1.69. The van der Waals surface area contributed by atoms with E-state index in [-0.39, 0.29) is 0 Å². The first-order chi connectivity index (χ1) is 10.3. The molecule has 1 atom stereocenters. The Labute approximate surface area is 126 Å². The van der Waals surface area contributed by atoms with Crippen molar-refractivity contribution in [2.75, 3.05) is 13.7 Å². The van der Waals surface area contributed by atoms with Gasteiger partial charge in [0, 0.05) is 12.7 Å². The Morgan fingerprint density at radius 2 is 1.81 bits per heavy atom. The summed E-state index contributed by atoms with van der Waals surface area (Å²) >= 11 is 0. The van der Waals surface area contributed by atoms with Crippen molar-refractivity contribution >= 4 is 5.57 Å². The van der Waals surface area contributed by atoms with Crippen LogP contribution in [-0.2, 0) is 11.2 Å². The van der Waals surface area contributed by atoms with Crippen LogP contribution in [0.4, 0.5) is 0 Å². The van der Waals surface area contributed by atoms with E-state index in [1.165, 1.54) is 0 Å². The lowest BCUT2D eigenvalue weighted by Crippen LogP contribution is -2.04. The van der Waals surface area contributed by atoms with Gasteiger partial charge in [0.1, 0.15) is 6.10 Å². The molecule has 0 fully saturated rings. The predicted octanol–water partition coefficient (Wildman–Crippen LogP) is 3.78. The third kappa shape index (κ3) is 3.71. The minimum atomic E-state index is -0.729. The minimum Gasteiger partial charge on any atom is -0.384 e. The van der Waals surface area contributed by atoms with Gasteiger partial charge in [0.2, 0.25) is 0 Å². The van der Waals surface area contributed by atoms with Crippen molar-refractivity contribution in [1.29, 1.82) is 0 Å². The van der Waals surface area contributed by atoms with E-state index >= 15 is 0 Å². The highest BCUT2D eigenvalue weighted by atomic mass is 16.5. The average Bonchev–Trinajstić information content (AvgIpc) is 2.55. The minimum absolute atomic E-state index is 0.642. The van der Waals surface area contributed by atoms with Crippen LogP contribution < -0.4 is 0 Å². The normalized spacial score (nSPS) is 11.7. The van der Waals surface area contributed by atoms with E-state index in [1.807, 2.05) is 54.6 Å². The van der Waals surface area contributed by atoms with Crippen LogP contribution in [0.25, 0.3) is 5.57 Å². The zero-order valence-electron chi connectivity index (χ0n) is 12.3. The maximum absolute atomic E-state index is 10.6. The first-order valence-corrected chi connectivity index (χ1v) is 6.98. The SMILES string of the molecule is C=C=C(c1ccccc1CCOC)C(O)c1ccccc1. The Bertz CT molecular complexity index is 625. The first kappa shape index (κ1) is 15.3. The van der Waals surface area contributed by atoms with Gasteiger partial charge in [0.05, 0.1) is 6.61 Å². The molecule has 2 aromatic carbocycles. The van der Waals surface area contributed by atoms with Crippen molar-refractivity contribution in [1.82, 2.24) is 0 Å². The predicted molar refractivity (Wildman–Crippen MR) is 86.0 cm³/mol. The third-order valence-corrected chi connectivity index (χ3v) is 3.46. The van der Waals surface area contributed by atoms with Crippen LogP contribution in [0, 0.1) is 0 Å². The number of benzene rings is 2. The second-order valence-electron chi connectivity index (χ2n) is 4.80. The molecule has 21 heavy (non-hydrogen) atoms. The molecule has 108 valence electrons. The molecule has 0 saturated heterocycles. The van der Waals surface area contributed by atoms with Gasteiger partial charge in [-0.2, -0.15) is 0 Å². The summed E-state index contributed by atoms with van der Waals surface area (Å²) in [4.78, 5) is 0. The Kier molecular flexibility index (Phi) is 5.53. The number of rotatable bonds is 6. The van der Waals surface area contributed by atoms with E-state index in [0.717, 1.165) is 23.1 Å². The summed E-state index contributed by atoms with van der Waals surface area (Å²) < 4.78 is 5.15. The molecule has 0 aliphatic rings.